The Labute approximate surface area is 224 Å². The first kappa shape index (κ1) is 26.2. The van der Waals surface area contributed by atoms with E-state index in [-0.39, 0.29) is 30.9 Å². The predicted molar refractivity (Wildman–Crippen MR) is 140 cm³/mol. The number of hydrogen-bond acceptors (Lipinski definition) is 3. The average Bonchev–Trinajstić information content (AvgIpc) is 3.48. The first-order valence-corrected chi connectivity index (χ1v) is 12.6. The van der Waals surface area contributed by atoms with Gasteiger partial charge in [0.1, 0.15) is 6.54 Å². The third kappa shape index (κ3) is 6.19. The lowest BCUT2D eigenvalue weighted by Gasteiger charge is -2.41. The van der Waals surface area contributed by atoms with E-state index < -0.39 is 11.7 Å². The number of halogens is 3. The van der Waals surface area contributed by atoms with Gasteiger partial charge in [0.25, 0.3) is 5.91 Å². The lowest BCUT2D eigenvalue weighted by Crippen LogP contribution is -2.57. The normalized spacial score (nSPS) is 16.0. The van der Waals surface area contributed by atoms with Crippen molar-refractivity contribution in [1.29, 1.82) is 0 Å². The van der Waals surface area contributed by atoms with Crippen molar-refractivity contribution in [2.24, 2.45) is 0 Å². The van der Waals surface area contributed by atoms with E-state index in [1.54, 1.807) is 41.8 Å². The fourth-order valence-electron chi connectivity index (χ4n) is 4.89. The van der Waals surface area contributed by atoms with Gasteiger partial charge in [-0.3, -0.25) is 9.59 Å². The molecule has 39 heavy (non-hydrogen) atoms. The van der Waals surface area contributed by atoms with Crippen molar-refractivity contribution in [2.75, 3.05) is 13.1 Å². The van der Waals surface area contributed by atoms with Crippen molar-refractivity contribution in [2.45, 2.75) is 31.6 Å². The highest BCUT2D eigenvalue weighted by atomic mass is 19.4. The SMILES string of the molecule is O=C(c1ccc(-n2ccnc2)cc1)N1CC(=O)N(Cc2cccc(C(F)(F)F)c2)[C@@H](CCc2ccccc2)C1. The summed E-state index contributed by atoms with van der Waals surface area (Å²) in [7, 11) is 0. The predicted octanol–water partition coefficient (Wildman–Crippen LogP) is 5.38. The van der Waals surface area contributed by atoms with Gasteiger partial charge in [-0.25, -0.2) is 4.98 Å². The second kappa shape index (κ2) is 11.1. The molecule has 2 heterocycles. The molecule has 1 saturated heterocycles. The summed E-state index contributed by atoms with van der Waals surface area (Å²) < 4.78 is 41.7. The van der Waals surface area contributed by atoms with Crippen molar-refractivity contribution in [3.63, 3.8) is 0 Å². The maximum atomic E-state index is 13.4. The molecule has 0 aliphatic carbocycles. The highest BCUT2D eigenvalue weighted by Gasteiger charge is 2.36. The topological polar surface area (TPSA) is 58.4 Å². The Hall–Kier alpha value is -4.40. The molecule has 0 radical (unpaired) electrons. The molecule has 6 nitrogen and oxygen atoms in total. The van der Waals surface area contributed by atoms with Crippen LogP contribution in [-0.4, -0.2) is 50.3 Å². The van der Waals surface area contributed by atoms with Gasteiger partial charge in [0.2, 0.25) is 5.91 Å². The van der Waals surface area contributed by atoms with Gasteiger partial charge in [-0.15, -0.1) is 0 Å². The Balaban J connectivity index is 1.35. The van der Waals surface area contributed by atoms with Crippen LogP contribution in [0.5, 0.6) is 0 Å². The molecule has 1 aromatic heterocycles. The molecule has 0 bridgehead atoms. The van der Waals surface area contributed by atoms with Gasteiger partial charge in [0.15, 0.2) is 0 Å². The highest BCUT2D eigenvalue weighted by Crippen LogP contribution is 2.30. The minimum atomic E-state index is -4.47. The molecule has 0 saturated carbocycles. The molecule has 1 atom stereocenters. The third-order valence-electron chi connectivity index (χ3n) is 6.94. The minimum Gasteiger partial charge on any atom is -0.332 e. The quantitative estimate of drug-likeness (QED) is 0.321. The number of benzene rings is 3. The monoisotopic (exact) mass is 532 g/mol. The van der Waals surface area contributed by atoms with E-state index in [0.717, 1.165) is 23.4 Å². The van der Waals surface area contributed by atoms with E-state index in [1.807, 2.05) is 47.0 Å². The lowest BCUT2D eigenvalue weighted by atomic mass is 9.99. The lowest BCUT2D eigenvalue weighted by molar-refractivity contribution is -0.139. The molecular formula is C30H27F3N4O2. The average molecular weight is 533 g/mol. The van der Waals surface area contributed by atoms with Crippen LogP contribution in [0, 0.1) is 0 Å². The van der Waals surface area contributed by atoms with Gasteiger partial charge in [-0.1, -0.05) is 42.5 Å². The number of alkyl halides is 3. The van der Waals surface area contributed by atoms with E-state index in [9.17, 15) is 22.8 Å². The molecule has 0 spiro atoms. The van der Waals surface area contributed by atoms with E-state index in [0.29, 0.717) is 30.5 Å². The number of piperazine rings is 1. The maximum Gasteiger partial charge on any atom is 0.416 e. The van der Waals surface area contributed by atoms with Gasteiger partial charge >= 0.3 is 6.18 Å². The number of rotatable bonds is 7. The zero-order valence-electron chi connectivity index (χ0n) is 21.1. The van der Waals surface area contributed by atoms with Gasteiger partial charge in [-0.05, 0) is 60.4 Å². The van der Waals surface area contributed by atoms with Crippen LogP contribution >= 0.6 is 0 Å². The van der Waals surface area contributed by atoms with E-state index in [1.165, 1.54) is 11.0 Å². The third-order valence-corrected chi connectivity index (χ3v) is 6.94. The molecule has 1 fully saturated rings. The molecule has 5 rings (SSSR count). The fourth-order valence-corrected chi connectivity index (χ4v) is 4.89. The summed E-state index contributed by atoms with van der Waals surface area (Å²) in [6, 6.07) is 21.5. The number of aromatic nitrogens is 2. The zero-order valence-corrected chi connectivity index (χ0v) is 21.1. The van der Waals surface area contributed by atoms with Crippen LogP contribution in [-0.2, 0) is 23.9 Å². The summed E-state index contributed by atoms with van der Waals surface area (Å²) >= 11 is 0. The van der Waals surface area contributed by atoms with Crippen molar-refractivity contribution < 1.29 is 22.8 Å². The molecule has 1 aliphatic rings. The van der Waals surface area contributed by atoms with Gasteiger partial charge in [-0.2, -0.15) is 13.2 Å². The molecule has 0 unspecified atom stereocenters. The van der Waals surface area contributed by atoms with Crippen LogP contribution in [0.3, 0.4) is 0 Å². The molecule has 0 N–H and O–H groups in total. The van der Waals surface area contributed by atoms with Crippen LogP contribution in [0.15, 0.2) is 97.6 Å². The van der Waals surface area contributed by atoms with Gasteiger partial charge in [0, 0.05) is 36.7 Å². The summed E-state index contributed by atoms with van der Waals surface area (Å²) in [6.45, 7) is 0.201. The highest BCUT2D eigenvalue weighted by molar-refractivity contribution is 5.97. The van der Waals surface area contributed by atoms with Crippen LogP contribution in [0.4, 0.5) is 13.2 Å². The fraction of sp³-hybridized carbons (Fsp3) is 0.233. The number of aryl methyl sites for hydroxylation is 1. The van der Waals surface area contributed by atoms with Crippen molar-refractivity contribution in [1.82, 2.24) is 19.4 Å². The first-order chi connectivity index (χ1) is 18.8. The van der Waals surface area contributed by atoms with Crippen LogP contribution in [0.1, 0.15) is 33.5 Å². The number of nitrogens with zero attached hydrogens (tertiary/aromatic N) is 4. The minimum absolute atomic E-state index is 0.0455. The summed E-state index contributed by atoms with van der Waals surface area (Å²) in [5.74, 6) is -0.552. The van der Waals surface area contributed by atoms with Crippen molar-refractivity contribution in [3.8, 4) is 5.69 Å². The number of amides is 2. The number of carbonyl (C=O) groups is 2. The molecule has 200 valence electrons. The standard InChI is InChI=1S/C30H27F3N4O2/c31-30(32,33)25-8-4-7-23(17-25)18-37-27(12-9-22-5-2-1-3-6-22)19-36(20-28(37)38)29(39)24-10-13-26(14-11-24)35-16-15-34-21-35/h1-8,10-11,13-17,21,27H,9,12,18-20H2/t27-/m0/s1. The molecule has 4 aromatic rings. The second-order valence-corrected chi connectivity index (χ2v) is 9.60. The van der Waals surface area contributed by atoms with Crippen molar-refractivity contribution in [3.05, 3.63) is 120 Å². The molecule has 3 aromatic carbocycles. The molecule has 1 aliphatic heterocycles. The Morgan fingerprint density at radius 3 is 2.38 bits per heavy atom. The van der Waals surface area contributed by atoms with Crippen LogP contribution in [0.2, 0.25) is 0 Å². The summed E-state index contributed by atoms with van der Waals surface area (Å²) in [6.07, 6.45) is 1.90. The van der Waals surface area contributed by atoms with Crippen molar-refractivity contribution >= 4 is 11.8 Å². The Bertz CT molecular complexity index is 1420. The van der Waals surface area contributed by atoms with Crippen LogP contribution in [0.25, 0.3) is 5.69 Å². The van der Waals surface area contributed by atoms with Gasteiger partial charge in [0.05, 0.1) is 17.9 Å². The smallest absolute Gasteiger partial charge is 0.332 e. The first-order valence-electron chi connectivity index (χ1n) is 12.6. The summed E-state index contributed by atoms with van der Waals surface area (Å²) in [4.78, 5) is 33.9. The summed E-state index contributed by atoms with van der Waals surface area (Å²) in [5.41, 5.74) is 2.05. The van der Waals surface area contributed by atoms with Gasteiger partial charge < -0.3 is 14.4 Å². The Kier molecular flexibility index (Phi) is 7.49. The molecular weight excluding hydrogens is 505 g/mol. The summed E-state index contributed by atoms with van der Waals surface area (Å²) in [5, 5.41) is 0. The maximum absolute atomic E-state index is 13.4. The van der Waals surface area contributed by atoms with Crippen LogP contribution < -0.4 is 0 Å². The van der Waals surface area contributed by atoms with E-state index >= 15 is 0 Å². The van der Waals surface area contributed by atoms with E-state index in [4.69, 9.17) is 0 Å². The number of hydrogen-bond donors (Lipinski definition) is 0. The number of carbonyl (C=O) groups excluding carboxylic acids is 2. The largest absolute Gasteiger partial charge is 0.416 e. The number of imidazole rings is 1. The second-order valence-electron chi connectivity index (χ2n) is 9.60. The van der Waals surface area contributed by atoms with E-state index in [2.05, 4.69) is 4.98 Å². The Morgan fingerprint density at radius 2 is 1.69 bits per heavy atom. The Morgan fingerprint density at radius 1 is 0.949 bits per heavy atom. The molecule has 9 heteroatoms. The molecule has 2 amide bonds. The zero-order chi connectivity index (χ0) is 27.4.